The van der Waals surface area contributed by atoms with Gasteiger partial charge in [0.05, 0.1) is 17.1 Å². The molecule has 1 unspecified atom stereocenters. The average molecular weight is 682 g/mol. The molecule has 2 aromatic carbocycles. The molecular formula is C37H46ClF2N5O3. The van der Waals surface area contributed by atoms with E-state index < -0.39 is 28.6 Å². The van der Waals surface area contributed by atoms with Gasteiger partial charge in [0, 0.05) is 62.4 Å². The number of benzene rings is 2. The van der Waals surface area contributed by atoms with E-state index in [0.29, 0.717) is 55.4 Å². The molecule has 1 saturated carbocycles. The van der Waals surface area contributed by atoms with Crippen molar-refractivity contribution in [3.05, 3.63) is 81.4 Å². The monoisotopic (exact) mass is 681 g/mol. The van der Waals surface area contributed by atoms with Crippen molar-refractivity contribution < 1.29 is 23.0 Å². The molecule has 3 aliphatic heterocycles. The molecule has 3 aromatic rings. The van der Waals surface area contributed by atoms with Crippen LogP contribution in [0.4, 0.5) is 8.78 Å². The average Bonchev–Trinajstić information content (AvgIpc) is 3.79. The standard InChI is InChI=1S/C37H46ClF2N5O3/c1-22-16-29-30(20-31(22)38)37(48-33(29)36(2,3)35-41-21-42-44(35)5)10-12-45(13-11-37)34(46)28-19-25(43(4)24-8-14-47-15-9-24)18-27(28)26-7-6-23(39)17-32(26)40/h6-7,16-17,20-21,24-25,27-28,33H,8-15,18-19H2,1-5H3/t25-,27+,28-,33?/m1/s1. The fourth-order valence-corrected chi connectivity index (χ4v) is 9.23. The highest BCUT2D eigenvalue weighted by atomic mass is 35.5. The summed E-state index contributed by atoms with van der Waals surface area (Å²) in [5.74, 6) is -1.05. The fraction of sp³-hybridized carbons (Fsp3) is 0.595. The van der Waals surface area contributed by atoms with Crippen LogP contribution in [0.3, 0.4) is 0 Å². The van der Waals surface area contributed by atoms with Crippen LogP contribution in [0.5, 0.6) is 0 Å². The van der Waals surface area contributed by atoms with E-state index in [1.165, 1.54) is 12.1 Å². The highest BCUT2D eigenvalue weighted by molar-refractivity contribution is 6.31. The van der Waals surface area contributed by atoms with Crippen LogP contribution < -0.4 is 0 Å². The third-order valence-corrected chi connectivity index (χ3v) is 12.2. The first-order valence-corrected chi connectivity index (χ1v) is 17.6. The largest absolute Gasteiger partial charge is 0.381 e. The van der Waals surface area contributed by atoms with Gasteiger partial charge in [-0.3, -0.25) is 9.48 Å². The number of carbonyl (C=O) groups excluding carboxylic acids is 1. The van der Waals surface area contributed by atoms with Gasteiger partial charge >= 0.3 is 0 Å². The molecule has 7 rings (SSSR count). The zero-order valence-corrected chi connectivity index (χ0v) is 29.3. The topological polar surface area (TPSA) is 72.7 Å². The Bertz CT molecular complexity index is 1680. The molecule has 11 heteroatoms. The number of nitrogens with zero attached hydrogens (tertiary/aromatic N) is 5. The Morgan fingerprint density at radius 3 is 2.46 bits per heavy atom. The van der Waals surface area contributed by atoms with Crippen molar-refractivity contribution in [2.45, 2.75) is 94.4 Å². The summed E-state index contributed by atoms with van der Waals surface area (Å²) >= 11 is 6.73. The van der Waals surface area contributed by atoms with E-state index in [1.807, 2.05) is 18.9 Å². The molecule has 3 fully saturated rings. The van der Waals surface area contributed by atoms with Crippen molar-refractivity contribution in [1.82, 2.24) is 24.6 Å². The van der Waals surface area contributed by atoms with E-state index in [2.05, 4.69) is 48.0 Å². The van der Waals surface area contributed by atoms with E-state index in [0.717, 1.165) is 54.6 Å². The number of likely N-dealkylation sites (tertiary alicyclic amines) is 1. The van der Waals surface area contributed by atoms with Gasteiger partial charge in [0.15, 0.2) is 0 Å². The molecule has 4 heterocycles. The number of ether oxygens (including phenoxy) is 2. The molecule has 1 spiro atoms. The molecule has 4 atom stereocenters. The maximum Gasteiger partial charge on any atom is 0.226 e. The summed E-state index contributed by atoms with van der Waals surface area (Å²) < 4.78 is 43.8. The molecule has 1 aromatic heterocycles. The Balaban J connectivity index is 1.14. The number of hydrogen-bond donors (Lipinski definition) is 0. The number of halogens is 3. The van der Waals surface area contributed by atoms with Gasteiger partial charge in [-0.1, -0.05) is 23.7 Å². The SMILES string of the molecule is Cc1cc2c(cc1Cl)C1(CCN(C(=O)[C@@H]3C[C@H](N(C)C4CCOCC4)C[C@H]3c3ccc(F)cc3F)CC1)OC2C(C)(C)c1ncnn1C. The maximum atomic E-state index is 15.3. The minimum atomic E-state index is -0.609. The van der Waals surface area contributed by atoms with Crippen LogP contribution in [0.2, 0.25) is 5.02 Å². The predicted octanol–water partition coefficient (Wildman–Crippen LogP) is 6.60. The lowest BCUT2D eigenvalue weighted by atomic mass is 9.78. The Morgan fingerprint density at radius 2 is 1.79 bits per heavy atom. The minimum absolute atomic E-state index is 0.0394. The second kappa shape index (κ2) is 12.8. The molecule has 0 radical (unpaired) electrons. The number of amides is 1. The first-order chi connectivity index (χ1) is 22.9. The number of fused-ring (bicyclic) bond motifs is 2. The zero-order valence-electron chi connectivity index (χ0n) is 28.5. The van der Waals surface area contributed by atoms with Crippen molar-refractivity contribution in [2.75, 3.05) is 33.4 Å². The molecule has 0 N–H and O–H groups in total. The fourth-order valence-electron chi connectivity index (χ4n) is 9.06. The molecular weight excluding hydrogens is 636 g/mol. The summed E-state index contributed by atoms with van der Waals surface area (Å²) in [5, 5.41) is 5.02. The number of rotatable bonds is 6. The van der Waals surface area contributed by atoms with Crippen molar-refractivity contribution >= 4 is 17.5 Å². The van der Waals surface area contributed by atoms with Gasteiger partial charge in [0.25, 0.3) is 0 Å². The smallest absolute Gasteiger partial charge is 0.226 e. The lowest BCUT2D eigenvalue weighted by Crippen LogP contribution is -2.48. The Kier molecular flexibility index (Phi) is 8.92. The first kappa shape index (κ1) is 33.6. The lowest BCUT2D eigenvalue weighted by molar-refractivity contribution is -0.151. The Hall–Kier alpha value is -2.92. The highest BCUT2D eigenvalue weighted by Crippen LogP contribution is 2.56. The van der Waals surface area contributed by atoms with E-state index in [4.69, 9.17) is 21.1 Å². The third-order valence-electron chi connectivity index (χ3n) is 11.8. The summed E-state index contributed by atoms with van der Waals surface area (Å²) in [6, 6.07) is 8.45. The number of aryl methyl sites for hydroxylation is 2. The number of carbonyl (C=O) groups is 1. The van der Waals surface area contributed by atoms with Crippen molar-refractivity contribution in [1.29, 1.82) is 0 Å². The second-order valence-electron chi connectivity index (χ2n) is 14.9. The van der Waals surface area contributed by atoms with E-state index >= 15 is 4.39 Å². The van der Waals surface area contributed by atoms with E-state index in [9.17, 15) is 9.18 Å². The van der Waals surface area contributed by atoms with Crippen LogP contribution in [0.25, 0.3) is 0 Å². The van der Waals surface area contributed by atoms with Crippen LogP contribution >= 0.6 is 11.6 Å². The van der Waals surface area contributed by atoms with Crippen LogP contribution in [0.1, 0.15) is 92.5 Å². The van der Waals surface area contributed by atoms with Gasteiger partial charge in [-0.2, -0.15) is 5.10 Å². The summed E-state index contributed by atoms with van der Waals surface area (Å²) in [5.41, 5.74) is 2.51. The van der Waals surface area contributed by atoms with Gasteiger partial charge in [-0.15, -0.1) is 0 Å². The predicted molar refractivity (Wildman–Crippen MR) is 179 cm³/mol. The van der Waals surface area contributed by atoms with Crippen molar-refractivity contribution in [3.8, 4) is 0 Å². The van der Waals surface area contributed by atoms with Gasteiger partial charge in [-0.25, -0.2) is 13.8 Å². The number of hydrogen-bond acceptors (Lipinski definition) is 6. The highest BCUT2D eigenvalue weighted by Gasteiger charge is 2.54. The quantitative estimate of drug-likeness (QED) is 0.292. The summed E-state index contributed by atoms with van der Waals surface area (Å²) in [7, 11) is 4.02. The van der Waals surface area contributed by atoms with Crippen LogP contribution in [-0.4, -0.2) is 75.9 Å². The number of aromatic nitrogens is 3. The molecule has 1 aliphatic carbocycles. The van der Waals surface area contributed by atoms with Crippen LogP contribution in [0, 0.1) is 24.5 Å². The van der Waals surface area contributed by atoms with E-state index in [1.54, 1.807) is 11.0 Å². The molecule has 1 amide bonds. The normalized spacial score (nSPS) is 26.1. The van der Waals surface area contributed by atoms with Gasteiger partial charge < -0.3 is 19.3 Å². The minimum Gasteiger partial charge on any atom is -0.381 e. The molecule has 2 saturated heterocycles. The Labute approximate surface area is 286 Å². The van der Waals surface area contributed by atoms with Crippen LogP contribution in [-0.2, 0) is 32.3 Å². The Morgan fingerprint density at radius 1 is 1.06 bits per heavy atom. The number of piperidine rings is 1. The summed E-state index contributed by atoms with van der Waals surface area (Å²) in [4.78, 5) is 23.4. The third kappa shape index (κ3) is 5.76. The second-order valence-corrected chi connectivity index (χ2v) is 15.4. The van der Waals surface area contributed by atoms with Gasteiger partial charge in [0.1, 0.15) is 23.8 Å². The van der Waals surface area contributed by atoms with Gasteiger partial charge in [-0.05, 0) is 107 Å². The summed E-state index contributed by atoms with van der Waals surface area (Å²) in [6.45, 7) is 8.75. The van der Waals surface area contributed by atoms with Crippen molar-refractivity contribution in [3.63, 3.8) is 0 Å². The molecule has 4 aliphatic rings. The lowest BCUT2D eigenvalue weighted by Gasteiger charge is -2.42. The van der Waals surface area contributed by atoms with Gasteiger partial charge in [0.2, 0.25) is 5.91 Å². The molecule has 258 valence electrons. The molecule has 0 bridgehead atoms. The van der Waals surface area contributed by atoms with Crippen molar-refractivity contribution in [2.24, 2.45) is 13.0 Å². The molecule has 8 nitrogen and oxygen atoms in total. The first-order valence-electron chi connectivity index (χ1n) is 17.3. The zero-order chi connectivity index (χ0) is 34.0. The van der Waals surface area contributed by atoms with Crippen LogP contribution in [0.15, 0.2) is 36.7 Å². The summed E-state index contributed by atoms with van der Waals surface area (Å²) in [6.07, 6.45) is 5.68. The maximum absolute atomic E-state index is 15.3. The molecule has 48 heavy (non-hydrogen) atoms. The van der Waals surface area contributed by atoms with E-state index in [-0.39, 0.29) is 24.0 Å².